The summed E-state index contributed by atoms with van der Waals surface area (Å²) >= 11 is 0. The average Bonchev–Trinajstić information content (AvgIpc) is 2.97. The monoisotopic (exact) mass is 343 g/mol. The molecular weight excluding hydrogens is 322 g/mol. The van der Waals surface area contributed by atoms with Crippen molar-refractivity contribution >= 4 is 5.91 Å². The molecule has 1 heterocycles. The fourth-order valence-corrected chi connectivity index (χ4v) is 3.85. The van der Waals surface area contributed by atoms with E-state index in [1.165, 1.54) is 5.56 Å². The van der Waals surface area contributed by atoms with Gasteiger partial charge in [0, 0.05) is 5.56 Å². The molecular formula is C23H21NO2. The molecule has 130 valence electrons. The Labute approximate surface area is 153 Å². The average molecular weight is 343 g/mol. The zero-order chi connectivity index (χ0) is 17.9. The van der Waals surface area contributed by atoms with E-state index in [1.807, 2.05) is 77.7 Å². The van der Waals surface area contributed by atoms with Gasteiger partial charge in [0.15, 0.2) is 0 Å². The summed E-state index contributed by atoms with van der Waals surface area (Å²) < 4.78 is 0. The maximum absolute atomic E-state index is 13.2. The van der Waals surface area contributed by atoms with Crippen molar-refractivity contribution in [1.29, 1.82) is 0 Å². The third-order valence-corrected chi connectivity index (χ3v) is 5.09. The first-order chi connectivity index (χ1) is 12.8. The molecule has 0 aromatic heterocycles. The van der Waals surface area contributed by atoms with E-state index in [0.29, 0.717) is 0 Å². The van der Waals surface area contributed by atoms with Crippen molar-refractivity contribution in [3.63, 3.8) is 0 Å². The molecule has 0 aliphatic carbocycles. The topological polar surface area (TPSA) is 40.5 Å². The number of hydrogen-bond acceptors (Lipinski definition) is 2. The van der Waals surface area contributed by atoms with Crippen molar-refractivity contribution in [2.24, 2.45) is 0 Å². The van der Waals surface area contributed by atoms with Gasteiger partial charge in [-0.25, -0.2) is 0 Å². The van der Waals surface area contributed by atoms with E-state index < -0.39 is 0 Å². The number of aliphatic hydroxyl groups is 1. The lowest BCUT2D eigenvalue weighted by atomic mass is 9.96. The van der Waals surface area contributed by atoms with E-state index in [4.69, 9.17) is 0 Å². The SMILES string of the molecule is O=C1c2ccccc2[C@H](Cc2ccccc2)N1[C@H](CO)c1ccccc1. The molecule has 1 amide bonds. The number of rotatable bonds is 5. The highest BCUT2D eigenvalue weighted by molar-refractivity contribution is 5.99. The molecule has 0 radical (unpaired) electrons. The van der Waals surface area contributed by atoms with Gasteiger partial charge in [0.1, 0.15) is 0 Å². The predicted octanol–water partition coefficient (Wildman–Crippen LogP) is 4.16. The lowest BCUT2D eigenvalue weighted by Crippen LogP contribution is -2.35. The van der Waals surface area contributed by atoms with Gasteiger partial charge in [-0.2, -0.15) is 0 Å². The second kappa shape index (κ2) is 7.14. The number of fused-ring (bicyclic) bond motifs is 1. The molecule has 0 spiro atoms. The summed E-state index contributed by atoms with van der Waals surface area (Å²) in [5.41, 5.74) is 3.91. The Kier molecular flexibility index (Phi) is 4.55. The molecule has 0 fully saturated rings. The number of carbonyl (C=O) groups excluding carboxylic acids is 1. The quantitative estimate of drug-likeness (QED) is 0.756. The highest BCUT2D eigenvalue weighted by Crippen LogP contribution is 2.41. The molecule has 1 aliphatic rings. The number of carbonyl (C=O) groups is 1. The Hall–Kier alpha value is -2.91. The van der Waals surface area contributed by atoms with Crippen molar-refractivity contribution in [2.45, 2.75) is 18.5 Å². The van der Waals surface area contributed by atoms with Crippen molar-refractivity contribution < 1.29 is 9.90 Å². The Morgan fingerprint density at radius 2 is 1.46 bits per heavy atom. The molecule has 2 atom stereocenters. The van der Waals surface area contributed by atoms with Crippen LogP contribution < -0.4 is 0 Å². The van der Waals surface area contributed by atoms with E-state index >= 15 is 0 Å². The minimum absolute atomic E-state index is 0.00978. The van der Waals surface area contributed by atoms with Crippen LogP contribution in [-0.4, -0.2) is 22.5 Å². The maximum atomic E-state index is 13.2. The van der Waals surface area contributed by atoms with E-state index in [2.05, 4.69) is 12.1 Å². The van der Waals surface area contributed by atoms with Crippen LogP contribution in [0.3, 0.4) is 0 Å². The van der Waals surface area contributed by atoms with E-state index in [9.17, 15) is 9.90 Å². The van der Waals surface area contributed by atoms with Gasteiger partial charge in [0.2, 0.25) is 0 Å². The number of nitrogens with zero attached hydrogens (tertiary/aromatic N) is 1. The Morgan fingerprint density at radius 3 is 2.15 bits per heavy atom. The van der Waals surface area contributed by atoms with Crippen LogP contribution in [0.4, 0.5) is 0 Å². The van der Waals surface area contributed by atoms with Crippen LogP contribution in [0, 0.1) is 0 Å². The number of aliphatic hydroxyl groups excluding tert-OH is 1. The molecule has 0 unspecified atom stereocenters. The van der Waals surface area contributed by atoms with Crippen molar-refractivity contribution in [3.8, 4) is 0 Å². The van der Waals surface area contributed by atoms with Gasteiger partial charge in [0.25, 0.3) is 5.91 Å². The lowest BCUT2D eigenvalue weighted by molar-refractivity contribution is 0.0517. The summed E-state index contributed by atoms with van der Waals surface area (Å²) in [4.78, 5) is 15.0. The molecule has 3 aromatic carbocycles. The Bertz CT molecular complexity index is 892. The smallest absolute Gasteiger partial charge is 0.255 e. The summed E-state index contributed by atoms with van der Waals surface area (Å²) in [6.45, 7) is -0.102. The largest absolute Gasteiger partial charge is 0.394 e. The molecule has 0 bridgehead atoms. The van der Waals surface area contributed by atoms with Crippen molar-refractivity contribution in [1.82, 2.24) is 4.90 Å². The second-order valence-electron chi connectivity index (χ2n) is 6.61. The number of amides is 1. The van der Waals surface area contributed by atoms with Crippen LogP contribution in [0.2, 0.25) is 0 Å². The molecule has 1 N–H and O–H groups in total. The van der Waals surface area contributed by atoms with Gasteiger partial charge in [-0.15, -0.1) is 0 Å². The van der Waals surface area contributed by atoms with Gasteiger partial charge in [-0.05, 0) is 29.2 Å². The van der Waals surface area contributed by atoms with Gasteiger partial charge in [0.05, 0.1) is 18.7 Å². The fraction of sp³-hybridized carbons (Fsp3) is 0.174. The summed E-state index contributed by atoms with van der Waals surface area (Å²) in [6, 6.07) is 27.3. The van der Waals surface area contributed by atoms with E-state index in [0.717, 1.165) is 23.1 Å². The van der Waals surface area contributed by atoms with E-state index in [-0.39, 0.29) is 24.6 Å². The first-order valence-corrected chi connectivity index (χ1v) is 8.91. The zero-order valence-corrected chi connectivity index (χ0v) is 14.5. The van der Waals surface area contributed by atoms with Gasteiger partial charge in [-0.3, -0.25) is 4.79 Å². The lowest BCUT2D eigenvalue weighted by Gasteiger charge is -2.33. The van der Waals surface area contributed by atoms with Crippen molar-refractivity contribution in [3.05, 3.63) is 107 Å². The fourth-order valence-electron chi connectivity index (χ4n) is 3.85. The number of hydrogen-bond donors (Lipinski definition) is 1. The molecule has 1 aliphatic heterocycles. The first kappa shape index (κ1) is 16.6. The summed E-state index contributed by atoms with van der Waals surface area (Å²) in [6.07, 6.45) is 0.729. The van der Waals surface area contributed by atoms with Crippen molar-refractivity contribution in [2.75, 3.05) is 6.61 Å². The molecule has 0 saturated heterocycles. The summed E-state index contributed by atoms with van der Waals surface area (Å²) in [5, 5.41) is 10.1. The summed E-state index contributed by atoms with van der Waals surface area (Å²) in [7, 11) is 0. The molecule has 3 heteroatoms. The minimum Gasteiger partial charge on any atom is -0.394 e. The second-order valence-corrected chi connectivity index (χ2v) is 6.61. The minimum atomic E-state index is -0.357. The van der Waals surface area contributed by atoms with Gasteiger partial charge < -0.3 is 10.0 Å². The Morgan fingerprint density at radius 1 is 0.846 bits per heavy atom. The molecule has 26 heavy (non-hydrogen) atoms. The maximum Gasteiger partial charge on any atom is 0.255 e. The molecule has 3 nitrogen and oxygen atoms in total. The summed E-state index contributed by atoms with van der Waals surface area (Å²) in [5.74, 6) is -0.00978. The standard InChI is InChI=1S/C23H21NO2/c25-16-22(18-11-5-2-6-12-18)24-21(15-17-9-3-1-4-10-17)19-13-7-8-14-20(19)23(24)26/h1-14,21-22,25H,15-16H2/t21-,22+/m0/s1. The normalized spacial score (nSPS) is 17.2. The van der Waals surface area contributed by atoms with Crippen LogP contribution >= 0.6 is 0 Å². The highest BCUT2D eigenvalue weighted by Gasteiger charge is 2.40. The third-order valence-electron chi connectivity index (χ3n) is 5.09. The first-order valence-electron chi connectivity index (χ1n) is 8.91. The molecule has 0 saturated carbocycles. The van der Waals surface area contributed by atoms with Crippen LogP contribution in [-0.2, 0) is 6.42 Å². The van der Waals surface area contributed by atoms with Crippen LogP contribution in [0.25, 0.3) is 0 Å². The van der Waals surface area contributed by atoms with Crippen LogP contribution in [0.5, 0.6) is 0 Å². The third kappa shape index (κ3) is 2.91. The molecule has 3 aromatic rings. The van der Waals surface area contributed by atoms with E-state index in [1.54, 1.807) is 0 Å². The molecule has 4 rings (SSSR count). The van der Waals surface area contributed by atoms with Gasteiger partial charge in [-0.1, -0.05) is 78.9 Å². The zero-order valence-electron chi connectivity index (χ0n) is 14.5. The van der Waals surface area contributed by atoms with Gasteiger partial charge >= 0.3 is 0 Å². The Balaban J connectivity index is 1.77. The number of benzene rings is 3. The van der Waals surface area contributed by atoms with Crippen LogP contribution in [0.15, 0.2) is 84.9 Å². The van der Waals surface area contributed by atoms with Crippen LogP contribution in [0.1, 0.15) is 39.1 Å². The predicted molar refractivity (Wildman–Crippen MR) is 102 cm³/mol. The highest BCUT2D eigenvalue weighted by atomic mass is 16.3.